The second-order valence-electron chi connectivity index (χ2n) is 14.0. The van der Waals surface area contributed by atoms with Crippen molar-refractivity contribution in [1.82, 2.24) is 39.2 Å². The molecule has 0 bridgehead atoms. The fourth-order valence-corrected chi connectivity index (χ4v) is 7.39. The number of ether oxygens (including phenoxy) is 2. The first-order chi connectivity index (χ1) is 22.2. The van der Waals surface area contributed by atoms with E-state index in [1.54, 1.807) is 6.33 Å². The van der Waals surface area contributed by atoms with Gasteiger partial charge in [-0.3, -0.25) is 9.58 Å². The lowest BCUT2D eigenvalue weighted by Crippen LogP contribution is -2.65. The third-order valence-corrected chi connectivity index (χ3v) is 10.9. The molecule has 2 aliphatic rings. The predicted molar refractivity (Wildman–Crippen MR) is 177 cm³/mol. The molecule has 0 radical (unpaired) electrons. The van der Waals surface area contributed by atoms with Gasteiger partial charge in [0, 0.05) is 76.2 Å². The number of rotatable bonds is 13. The summed E-state index contributed by atoms with van der Waals surface area (Å²) in [6.07, 6.45) is 12.5. The Labute approximate surface area is 271 Å². The summed E-state index contributed by atoms with van der Waals surface area (Å²) in [5, 5.41) is 24.8. The van der Waals surface area contributed by atoms with Gasteiger partial charge < -0.3 is 19.1 Å². The van der Waals surface area contributed by atoms with E-state index in [0.29, 0.717) is 37.3 Å². The van der Waals surface area contributed by atoms with E-state index in [1.807, 2.05) is 46.9 Å². The lowest BCUT2D eigenvalue weighted by molar-refractivity contribution is -0.0445. The Bertz CT molecular complexity index is 1680. The topological polar surface area (TPSA) is 140 Å². The lowest BCUT2D eigenvalue weighted by Gasteiger charge is -2.53. The highest BCUT2D eigenvalue weighted by Gasteiger charge is 2.48. The van der Waals surface area contributed by atoms with Crippen LogP contribution in [-0.4, -0.2) is 90.8 Å². The Hall–Kier alpha value is -3.70. The van der Waals surface area contributed by atoms with Gasteiger partial charge in [-0.1, -0.05) is 19.6 Å². The second kappa shape index (κ2) is 13.6. The number of nitriles is 1. The Balaban J connectivity index is 1.07. The summed E-state index contributed by atoms with van der Waals surface area (Å²) >= 11 is 0. The molecule has 1 saturated heterocycles. The van der Waals surface area contributed by atoms with Crippen LogP contribution < -0.4 is 4.74 Å². The van der Waals surface area contributed by atoms with Crippen LogP contribution in [0.1, 0.15) is 43.6 Å². The number of fused-ring (bicyclic) bond motifs is 1. The summed E-state index contributed by atoms with van der Waals surface area (Å²) in [5.74, 6) is 1.25. The molecule has 4 aromatic heterocycles. The number of aryl methyl sites for hydroxylation is 1. The van der Waals surface area contributed by atoms with Gasteiger partial charge in [0.25, 0.3) is 0 Å². The van der Waals surface area contributed by atoms with E-state index >= 15 is 0 Å². The second-order valence-corrected chi connectivity index (χ2v) is 19.6. The summed E-state index contributed by atoms with van der Waals surface area (Å²) in [5.41, 5.74) is 3.04. The maximum Gasteiger partial charge on any atom is 0.217 e. The Morgan fingerprint density at radius 1 is 1.13 bits per heavy atom. The fraction of sp³-hybridized carbons (Fsp3) is 0.576. The minimum atomic E-state index is -1.15. The van der Waals surface area contributed by atoms with Crippen LogP contribution in [0.3, 0.4) is 0 Å². The van der Waals surface area contributed by atoms with Crippen molar-refractivity contribution in [1.29, 1.82) is 5.26 Å². The molecule has 244 valence electrons. The van der Waals surface area contributed by atoms with Gasteiger partial charge in [0.2, 0.25) is 5.88 Å². The van der Waals surface area contributed by atoms with Crippen molar-refractivity contribution >= 4 is 19.1 Å². The minimum Gasteiger partial charge on any atom is -0.474 e. The van der Waals surface area contributed by atoms with Crippen LogP contribution in [-0.2, 0) is 23.4 Å². The highest BCUT2D eigenvalue weighted by atomic mass is 28.3. The van der Waals surface area contributed by atoms with Crippen molar-refractivity contribution in [3.63, 3.8) is 0 Å². The average molecular weight is 644 g/mol. The monoisotopic (exact) mass is 643 g/mol. The molecule has 12 nitrogen and oxygen atoms in total. The zero-order valence-corrected chi connectivity index (χ0v) is 28.4. The van der Waals surface area contributed by atoms with Crippen molar-refractivity contribution in [2.75, 3.05) is 26.3 Å². The summed E-state index contributed by atoms with van der Waals surface area (Å²) in [4.78, 5) is 20.5. The quantitative estimate of drug-likeness (QED) is 0.163. The molecule has 6 rings (SSSR count). The number of hydrogen-bond acceptors (Lipinski definition) is 10. The molecular weight excluding hydrogens is 599 g/mol. The Morgan fingerprint density at radius 2 is 1.93 bits per heavy atom. The summed E-state index contributed by atoms with van der Waals surface area (Å²) < 4.78 is 16.2. The normalized spacial score (nSPS) is 20.0. The van der Waals surface area contributed by atoms with Gasteiger partial charge in [0.1, 0.15) is 36.2 Å². The maximum absolute atomic E-state index is 9.79. The first kappa shape index (κ1) is 32.2. The van der Waals surface area contributed by atoms with Gasteiger partial charge >= 0.3 is 0 Å². The fourth-order valence-electron chi connectivity index (χ4n) is 6.64. The number of likely N-dealkylation sites (tertiary alicyclic amines) is 1. The van der Waals surface area contributed by atoms with E-state index in [2.05, 4.69) is 50.5 Å². The number of aromatic nitrogens is 7. The highest BCUT2D eigenvalue weighted by molar-refractivity contribution is 6.76. The number of aliphatic hydroxyl groups is 1. The molecule has 13 heteroatoms. The number of hydrogen-bond donors (Lipinski definition) is 1. The molecule has 46 heavy (non-hydrogen) atoms. The average Bonchev–Trinajstić information content (AvgIpc) is 3.65. The molecule has 4 aromatic rings. The third-order valence-electron chi connectivity index (χ3n) is 9.21. The van der Waals surface area contributed by atoms with Gasteiger partial charge in [-0.05, 0) is 44.7 Å². The van der Waals surface area contributed by atoms with Crippen LogP contribution in [0.25, 0.3) is 22.3 Å². The van der Waals surface area contributed by atoms with E-state index in [9.17, 15) is 10.4 Å². The van der Waals surface area contributed by atoms with Crippen molar-refractivity contribution < 1.29 is 14.6 Å². The molecule has 2 fully saturated rings. The SMILES string of the molecule is Cc1nc(CCO)cc(O[C@H]2CC[C@@H](N3CC(CC#N)(n4cc(-c5ncnc6c5ccn6COCC[Si](C)(C)C)cn4)C3)CC2)n1. The predicted octanol–water partition coefficient (Wildman–Crippen LogP) is 4.56. The minimum absolute atomic E-state index is 0.0531. The van der Waals surface area contributed by atoms with Crippen LogP contribution in [0, 0.1) is 18.3 Å². The van der Waals surface area contributed by atoms with E-state index < -0.39 is 8.07 Å². The van der Waals surface area contributed by atoms with Gasteiger partial charge in [-0.25, -0.2) is 15.0 Å². The highest BCUT2D eigenvalue weighted by Crippen LogP contribution is 2.39. The third kappa shape index (κ3) is 7.15. The van der Waals surface area contributed by atoms with E-state index in [-0.39, 0.29) is 18.2 Å². The molecule has 0 unspecified atom stereocenters. The van der Waals surface area contributed by atoms with Crippen LogP contribution in [0.2, 0.25) is 25.7 Å². The van der Waals surface area contributed by atoms with Gasteiger partial charge in [0.15, 0.2) is 0 Å². The molecule has 0 amide bonds. The molecule has 0 aromatic carbocycles. The van der Waals surface area contributed by atoms with Crippen LogP contribution in [0.4, 0.5) is 0 Å². The molecule has 1 N–H and O–H groups in total. The van der Waals surface area contributed by atoms with Crippen LogP contribution >= 0.6 is 0 Å². The smallest absolute Gasteiger partial charge is 0.217 e. The van der Waals surface area contributed by atoms with Crippen molar-refractivity contribution in [2.45, 2.75) is 95.5 Å². The van der Waals surface area contributed by atoms with E-state index in [0.717, 1.165) is 79.4 Å². The largest absolute Gasteiger partial charge is 0.474 e. The van der Waals surface area contributed by atoms with Gasteiger partial charge in [-0.2, -0.15) is 15.3 Å². The maximum atomic E-state index is 9.79. The van der Waals surface area contributed by atoms with Crippen molar-refractivity contribution in [3.8, 4) is 23.2 Å². The molecule has 1 aliphatic carbocycles. The standard InChI is InChI=1S/C33H45N9O3Si/c1-24-38-26(10-14-43)17-30(39-24)45-28-7-5-27(6-8-28)41-20-33(21-41,11-12-34)42-19-25(18-37-42)31-29-9-13-40(32(29)36-22-35-31)23-44-15-16-46(2,3)4/h9,13,17-19,22,27-28,43H,5-8,10-11,14-16,20-21,23H2,1-4H3/t27-,28+. The molecule has 5 heterocycles. The van der Waals surface area contributed by atoms with Gasteiger partial charge in [-0.15, -0.1) is 0 Å². The van der Waals surface area contributed by atoms with Crippen molar-refractivity contribution in [2.24, 2.45) is 0 Å². The van der Waals surface area contributed by atoms with Gasteiger partial charge in [0.05, 0.1) is 30.1 Å². The van der Waals surface area contributed by atoms with Crippen molar-refractivity contribution in [3.05, 3.63) is 48.6 Å². The molecule has 1 aliphatic heterocycles. The first-order valence-corrected chi connectivity index (χ1v) is 20.0. The molecule has 0 atom stereocenters. The Kier molecular flexibility index (Phi) is 9.51. The first-order valence-electron chi connectivity index (χ1n) is 16.3. The molecule has 1 saturated carbocycles. The molecular formula is C33H45N9O3Si. The van der Waals surface area contributed by atoms with E-state index in [1.165, 1.54) is 0 Å². The zero-order valence-electron chi connectivity index (χ0n) is 27.4. The summed E-state index contributed by atoms with van der Waals surface area (Å²) in [6.45, 7) is 11.8. The van der Waals surface area contributed by atoms with Crippen LogP contribution in [0.5, 0.6) is 5.88 Å². The lowest BCUT2D eigenvalue weighted by atomic mass is 9.82. The van der Waals surface area contributed by atoms with Crippen LogP contribution in [0.15, 0.2) is 37.1 Å². The number of nitrogens with zero attached hydrogens (tertiary/aromatic N) is 9. The number of aliphatic hydroxyl groups excluding tert-OH is 1. The molecule has 0 spiro atoms. The zero-order chi connectivity index (χ0) is 32.3. The Morgan fingerprint density at radius 3 is 2.67 bits per heavy atom. The summed E-state index contributed by atoms with van der Waals surface area (Å²) in [7, 11) is -1.15. The summed E-state index contributed by atoms with van der Waals surface area (Å²) in [6, 6.07) is 7.88. The van der Waals surface area contributed by atoms with E-state index in [4.69, 9.17) is 14.6 Å².